The first-order valence-corrected chi connectivity index (χ1v) is 10.8. The summed E-state index contributed by atoms with van der Waals surface area (Å²) in [4.78, 5) is 40.6. The van der Waals surface area contributed by atoms with E-state index in [-0.39, 0.29) is 29.4 Å². The lowest BCUT2D eigenvalue weighted by Gasteiger charge is -2.36. The number of esters is 2. The summed E-state index contributed by atoms with van der Waals surface area (Å²) in [5.74, 6) is -2.53. The van der Waals surface area contributed by atoms with Gasteiger partial charge in [-0.25, -0.2) is 9.59 Å². The quantitative estimate of drug-likeness (QED) is 0.669. The molecule has 1 amide bonds. The van der Waals surface area contributed by atoms with Gasteiger partial charge in [-0.05, 0) is 39.3 Å². The van der Waals surface area contributed by atoms with E-state index in [1.807, 2.05) is 18.2 Å². The summed E-state index contributed by atoms with van der Waals surface area (Å²) in [6, 6.07) is 15.9. The fourth-order valence-corrected chi connectivity index (χ4v) is 4.27. The van der Waals surface area contributed by atoms with Crippen molar-refractivity contribution in [3.05, 3.63) is 88.5 Å². The second-order valence-electron chi connectivity index (χ2n) is 9.09. The van der Waals surface area contributed by atoms with Gasteiger partial charge in [0.25, 0.3) is 0 Å². The number of amides is 1. The highest BCUT2D eigenvalue weighted by Crippen LogP contribution is 2.52. The van der Waals surface area contributed by atoms with E-state index in [9.17, 15) is 14.4 Å². The number of nitrogens with two attached hydrogens (primary N) is 1. The van der Waals surface area contributed by atoms with Crippen molar-refractivity contribution in [1.29, 1.82) is 0 Å². The Hall–Kier alpha value is -4.07. The second kappa shape index (κ2) is 8.37. The van der Waals surface area contributed by atoms with E-state index in [4.69, 9.17) is 19.9 Å². The van der Waals surface area contributed by atoms with Crippen LogP contribution in [0.4, 0.5) is 5.69 Å². The highest BCUT2D eigenvalue weighted by molar-refractivity contribution is 6.21. The topological polar surface area (TPSA) is 117 Å². The van der Waals surface area contributed by atoms with E-state index in [1.54, 1.807) is 57.2 Å². The first-order valence-electron chi connectivity index (χ1n) is 10.8. The number of para-hydroxylation sites is 1. The molecule has 0 bridgehead atoms. The van der Waals surface area contributed by atoms with Gasteiger partial charge in [0.2, 0.25) is 11.8 Å². The number of allylic oxidation sites excluding steroid dienone is 1. The van der Waals surface area contributed by atoms with E-state index >= 15 is 0 Å². The molecule has 0 saturated heterocycles. The van der Waals surface area contributed by atoms with Gasteiger partial charge < -0.3 is 25.3 Å². The van der Waals surface area contributed by atoms with E-state index in [1.165, 1.54) is 6.92 Å². The average Bonchev–Trinajstić information content (AvgIpc) is 3.03. The van der Waals surface area contributed by atoms with Crippen molar-refractivity contribution in [3.63, 3.8) is 0 Å². The maximum atomic E-state index is 13.7. The monoisotopic (exact) mass is 462 g/mol. The third-order valence-corrected chi connectivity index (χ3v) is 5.55. The highest BCUT2D eigenvalue weighted by atomic mass is 16.6. The van der Waals surface area contributed by atoms with Crippen molar-refractivity contribution in [2.24, 2.45) is 5.73 Å². The Labute approximate surface area is 197 Å². The van der Waals surface area contributed by atoms with Gasteiger partial charge in [0, 0.05) is 11.3 Å². The molecule has 34 heavy (non-hydrogen) atoms. The number of carbonyl (C=O) groups is 3. The molecule has 2 heterocycles. The van der Waals surface area contributed by atoms with Crippen molar-refractivity contribution in [2.75, 3.05) is 5.32 Å². The molecule has 8 heteroatoms. The van der Waals surface area contributed by atoms with Crippen LogP contribution in [-0.4, -0.2) is 23.4 Å². The summed E-state index contributed by atoms with van der Waals surface area (Å²) in [5, 5.41) is 2.77. The van der Waals surface area contributed by atoms with Gasteiger partial charge >= 0.3 is 11.9 Å². The van der Waals surface area contributed by atoms with Crippen LogP contribution in [0.1, 0.15) is 38.8 Å². The number of ether oxygens (including phenoxy) is 3. The van der Waals surface area contributed by atoms with E-state index in [0.717, 1.165) is 5.56 Å². The molecule has 1 atom stereocenters. The van der Waals surface area contributed by atoms with E-state index in [2.05, 4.69) is 5.32 Å². The number of hydrogen-bond acceptors (Lipinski definition) is 7. The zero-order valence-electron chi connectivity index (χ0n) is 19.4. The standard InChI is InChI=1S/C26H26N2O6/c1-15-19(23(30)34-25(2,3)4)26(17-12-8-9-13-18(17)28-24(26)31)20(21(27)33-15)22(29)32-14-16-10-6-5-7-11-16/h5-13H,14,27H2,1-4H3,(H,28,31)/t26-/m1/s1. The molecule has 0 aliphatic carbocycles. The predicted molar refractivity (Wildman–Crippen MR) is 124 cm³/mol. The summed E-state index contributed by atoms with van der Waals surface area (Å²) >= 11 is 0. The van der Waals surface area contributed by atoms with Crippen molar-refractivity contribution in [2.45, 2.75) is 45.3 Å². The largest absolute Gasteiger partial charge is 0.457 e. The number of nitrogens with one attached hydrogen (secondary N) is 1. The summed E-state index contributed by atoms with van der Waals surface area (Å²) in [7, 11) is 0. The lowest BCUT2D eigenvalue weighted by molar-refractivity contribution is -0.152. The first kappa shape index (κ1) is 23.1. The molecule has 8 nitrogen and oxygen atoms in total. The number of rotatable bonds is 4. The molecule has 2 aromatic rings. The zero-order valence-corrected chi connectivity index (χ0v) is 19.4. The molecule has 2 aliphatic rings. The van der Waals surface area contributed by atoms with Crippen LogP contribution in [0.5, 0.6) is 0 Å². The van der Waals surface area contributed by atoms with Crippen molar-refractivity contribution in [3.8, 4) is 0 Å². The maximum absolute atomic E-state index is 13.7. The molecule has 1 spiro atoms. The molecular formula is C26H26N2O6. The normalized spacial score (nSPS) is 19.5. The minimum Gasteiger partial charge on any atom is -0.457 e. The molecule has 0 unspecified atom stereocenters. The Balaban J connectivity index is 1.87. The second-order valence-corrected chi connectivity index (χ2v) is 9.09. The Morgan fingerprint density at radius 1 is 1.00 bits per heavy atom. The zero-order chi connectivity index (χ0) is 24.7. The minimum atomic E-state index is -1.89. The van der Waals surface area contributed by atoms with Crippen LogP contribution in [0.15, 0.2) is 77.4 Å². The lowest BCUT2D eigenvalue weighted by atomic mass is 9.67. The van der Waals surface area contributed by atoms with Crippen LogP contribution in [0.25, 0.3) is 0 Å². The van der Waals surface area contributed by atoms with Crippen molar-refractivity contribution >= 4 is 23.5 Å². The number of benzene rings is 2. The third-order valence-electron chi connectivity index (χ3n) is 5.55. The SMILES string of the molecule is CC1=C(C(=O)OC(C)(C)C)[C@@]2(C(=O)Nc3ccccc32)C(C(=O)OCc2ccccc2)=C(N)O1. The number of hydrogen-bond donors (Lipinski definition) is 2. The molecule has 0 aromatic heterocycles. The smallest absolute Gasteiger partial charge is 0.341 e. The Morgan fingerprint density at radius 2 is 1.65 bits per heavy atom. The van der Waals surface area contributed by atoms with Crippen molar-refractivity contribution in [1.82, 2.24) is 0 Å². The summed E-state index contributed by atoms with van der Waals surface area (Å²) in [6.07, 6.45) is 0. The fraction of sp³-hybridized carbons (Fsp3) is 0.269. The molecule has 4 rings (SSSR count). The number of carbonyl (C=O) groups excluding carboxylic acids is 3. The molecule has 2 aromatic carbocycles. The van der Waals surface area contributed by atoms with Gasteiger partial charge in [0.15, 0.2) is 0 Å². The van der Waals surface area contributed by atoms with Gasteiger partial charge in [-0.1, -0.05) is 48.5 Å². The Bertz CT molecular complexity index is 1240. The minimum absolute atomic E-state index is 0.0553. The fourth-order valence-electron chi connectivity index (χ4n) is 4.27. The van der Waals surface area contributed by atoms with Gasteiger partial charge in [0.05, 0.1) is 0 Å². The molecular weight excluding hydrogens is 436 g/mol. The van der Waals surface area contributed by atoms with Gasteiger partial charge in [-0.15, -0.1) is 0 Å². The number of fused-ring (bicyclic) bond motifs is 2. The third kappa shape index (κ3) is 3.81. The van der Waals surface area contributed by atoms with Crippen LogP contribution in [0.3, 0.4) is 0 Å². The molecule has 0 fully saturated rings. The molecule has 176 valence electrons. The van der Waals surface area contributed by atoms with Gasteiger partial charge in [-0.2, -0.15) is 0 Å². The molecule has 0 saturated carbocycles. The van der Waals surface area contributed by atoms with Crippen LogP contribution in [0, 0.1) is 0 Å². The van der Waals surface area contributed by atoms with Gasteiger partial charge in [-0.3, -0.25) is 4.79 Å². The maximum Gasteiger partial charge on any atom is 0.341 e. The van der Waals surface area contributed by atoms with Crippen LogP contribution >= 0.6 is 0 Å². The van der Waals surface area contributed by atoms with Crippen LogP contribution < -0.4 is 11.1 Å². The predicted octanol–water partition coefficient (Wildman–Crippen LogP) is 3.44. The molecule has 3 N–H and O–H groups in total. The van der Waals surface area contributed by atoms with Crippen LogP contribution in [-0.2, 0) is 40.6 Å². The van der Waals surface area contributed by atoms with Gasteiger partial charge in [0.1, 0.15) is 34.5 Å². The average molecular weight is 463 g/mol. The number of anilines is 1. The molecule has 0 radical (unpaired) electrons. The van der Waals surface area contributed by atoms with Crippen molar-refractivity contribution < 1.29 is 28.6 Å². The van der Waals surface area contributed by atoms with Crippen LogP contribution in [0.2, 0.25) is 0 Å². The Morgan fingerprint density at radius 3 is 2.32 bits per heavy atom. The highest BCUT2D eigenvalue weighted by Gasteiger charge is 2.62. The van der Waals surface area contributed by atoms with E-state index < -0.39 is 28.9 Å². The van der Waals surface area contributed by atoms with E-state index in [0.29, 0.717) is 11.3 Å². The molecule has 2 aliphatic heterocycles. The Kier molecular flexibility index (Phi) is 5.69. The lowest BCUT2D eigenvalue weighted by Crippen LogP contribution is -2.49. The summed E-state index contributed by atoms with van der Waals surface area (Å²) < 4.78 is 16.8. The summed E-state index contributed by atoms with van der Waals surface area (Å²) in [6.45, 7) is 6.57. The first-order chi connectivity index (χ1) is 16.1. The summed E-state index contributed by atoms with van der Waals surface area (Å²) in [5.41, 5.74) is 4.64.